The van der Waals surface area contributed by atoms with Crippen LogP contribution < -0.4 is 4.74 Å². The largest absolute Gasteiger partial charge is 0.503 e. The normalized spacial score (nSPS) is 11.2. The Balaban J connectivity index is 1.81. The fraction of sp³-hybridized carbons (Fsp3) is 0.286. The standard InChI is InChI=1S/C21H23ClO4/c1-25-15-19(21(23)24)18-8-4-5-9-20(18)26-14-6-2-3-7-16-10-12-17(22)13-11-16/h4-5,8-13,15H,2-3,6-7,14H2,1H3,(H,23,24). The summed E-state index contributed by atoms with van der Waals surface area (Å²) < 4.78 is 10.7. The molecule has 4 nitrogen and oxygen atoms in total. The molecule has 2 aromatic carbocycles. The van der Waals surface area contributed by atoms with Gasteiger partial charge in [0, 0.05) is 10.6 Å². The van der Waals surface area contributed by atoms with Gasteiger partial charge in [-0.25, -0.2) is 4.79 Å². The number of methoxy groups -OCH3 is 1. The van der Waals surface area contributed by atoms with Crippen LogP contribution in [0.15, 0.2) is 54.8 Å². The highest BCUT2D eigenvalue weighted by Gasteiger charge is 2.15. The Morgan fingerprint density at radius 3 is 2.50 bits per heavy atom. The summed E-state index contributed by atoms with van der Waals surface area (Å²) in [6, 6.07) is 15.0. The van der Waals surface area contributed by atoms with Gasteiger partial charge in [0.15, 0.2) is 0 Å². The van der Waals surface area contributed by atoms with Gasteiger partial charge in [-0.05, 0) is 49.4 Å². The Morgan fingerprint density at radius 2 is 1.81 bits per heavy atom. The van der Waals surface area contributed by atoms with Gasteiger partial charge < -0.3 is 14.6 Å². The predicted molar refractivity (Wildman–Crippen MR) is 104 cm³/mol. The molecule has 5 heteroatoms. The molecule has 0 atom stereocenters. The van der Waals surface area contributed by atoms with E-state index in [0.717, 1.165) is 30.7 Å². The van der Waals surface area contributed by atoms with Crippen LogP contribution in [0.1, 0.15) is 30.4 Å². The lowest BCUT2D eigenvalue weighted by Gasteiger charge is -2.12. The third kappa shape index (κ3) is 6.12. The molecule has 0 unspecified atom stereocenters. The molecule has 0 aromatic heterocycles. The van der Waals surface area contributed by atoms with E-state index in [-0.39, 0.29) is 5.57 Å². The molecule has 26 heavy (non-hydrogen) atoms. The van der Waals surface area contributed by atoms with E-state index in [1.54, 1.807) is 18.2 Å². The first kappa shape index (κ1) is 19.9. The van der Waals surface area contributed by atoms with E-state index in [1.807, 2.05) is 30.3 Å². The van der Waals surface area contributed by atoms with Crippen LogP contribution in [0.5, 0.6) is 5.75 Å². The summed E-state index contributed by atoms with van der Waals surface area (Å²) in [5, 5.41) is 10.1. The fourth-order valence-electron chi connectivity index (χ4n) is 2.60. The average Bonchev–Trinajstić information content (AvgIpc) is 2.64. The highest BCUT2D eigenvalue weighted by Crippen LogP contribution is 2.26. The number of unbranched alkanes of at least 4 members (excludes halogenated alkanes) is 2. The zero-order chi connectivity index (χ0) is 18.8. The Hall–Kier alpha value is -2.46. The van der Waals surface area contributed by atoms with E-state index in [9.17, 15) is 9.90 Å². The van der Waals surface area contributed by atoms with Gasteiger partial charge in [-0.1, -0.05) is 41.9 Å². The lowest BCUT2D eigenvalue weighted by Crippen LogP contribution is -2.05. The molecule has 2 aromatic rings. The number of aliphatic carboxylic acids is 1. The monoisotopic (exact) mass is 374 g/mol. The average molecular weight is 375 g/mol. The first-order valence-corrected chi connectivity index (χ1v) is 8.92. The van der Waals surface area contributed by atoms with Gasteiger partial charge >= 0.3 is 5.97 Å². The minimum absolute atomic E-state index is 0.0749. The van der Waals surface area contributed by atoms with Crippen molar-refractivity contribution >= 4 is 23.1 Å². The third-order valence-electron chi connectivity index (χ3n) is 3.92. The van der Waals surface area contributed by atoms with Crippen LogP contribution in [-0.4, -0.2) is 24.8 Å². The van der Waals surface area contributed by atoms with Crippen molar-refractivity contribution in [3.8, 4) is 5.75 Å². The van der Waals surface area contributed by atoms with Crippen LogP contribution in [0, 0.1) is 0 Å². The van der Waals surface area contributed by atoms with E-state index < -0.39 is 5.97 Å². The minimum Gasteiger partial charge on any atom is -0.503 e. The van der Waals surface area contributed by atoms with Gasteiger partial charge in [0.05, 0.1) is 20.0 Å². The molecule has 138 valence electrons. The number of halogens is 1. The molecule has 0 spiro atoms. The number of carboxylic acid groups (broad SMARTS) is 1. The van der Waals surface area contributed by atoms with Crippen molar-refractivity contribution in [2.24, 2.45) is 0 Å². The van der Waals surface area contributed by atoms with Crippen LogP contribution in [0.4, 0.5) is 0 Å². The van der Waals surface area contributed by atoms with Crippen molar-refractivity contribution < 1.29 is 19.4 Å². The van der Waals surface area contributed by atoms with Crippen molar-refractivity contribution in [2.45, 2.75) is 25.7 Å². The Morgan fingerprint density at radius 1 is 1.08 bits per heavy atom. The van der Waals surface area contributed by atoms with Gasteiger partial charge in [-0.15, -0.1) is 0 Å². The Bertz CT molecular complexity index is 738. The fourth-order valence-corrected chi connectivity index (χ4v) is 2.73. The van der Waals surface area contributed by atoms with Gasteiger partial charge in [-0.2, -0.15) is 0 Å². The Kier molecular flexibility index (Phi) is 8.03. The highest BCUT2D eigenvalue weighted by atomic mass is 35.5. The molecule has 2 rings (SSSR count). The molecule has 0 saturated carbocycles. The number of hydrogen-bond donors (Lipinski definition) is 1. The quantitative estimate of drug-likeness (QED) is 0.352. The minimum atomic E-state index is -1.05. The molecule has 1 N–H and O–H groups in total. The molecule has 0 aliphatic rings. The molecule has 0 radical (unpaired) electrons. The summed E-state index contributed by atoms with van der Waals surface area (Å²) in [5.74, 6) is -0.498. The molecule has 0 bridgehead atoms. The second-order valence-electron chi connectivity index (χ2n) is 5.85. The molecular weight excluding hydrogens is 352 g/mol. The van der Waals surface area contributed by atoms with Crippen molar-refractivity contribution in [1.82, 2.24) is 0 Å². The topological polar surface area (TPSA) is 55.8 Å². The maximum Gasteiger partial charge on any atom is 0.339 e. The summed E-state index contributed by atoms with van der Waals surface area (Å²) >= 11 is 5.88. The van der Waals surface area contributed by atoms with Crippen LogP contribution in [0.25, 0.3) is 5.57 Å². The third-order valence-corrected chi connectivity index (χ3v) is 4.18. The van der Waals surface area contributed by atoms with Crippen LogP contribution >= 0.6 is 11.6 Å². The molecular formula is C21H23ClO4. The highest BCUT2D eigenvalue weighted by molar-refractivity contribution is 6.30. The molecule has 0 aliphatic heterocycles. The number of benzene rings is 2. The van der Waals surface area contributed by atoms with Crippen LogP contribution in [0.2, 0.25) is 5.02 Å². The molecule has 0 fully saturated rings. The second kappa shape index (κ2) is 10.5. The number of carbonyl (C=O) groups is 1. The first-order chi connectivity index (χ1) is 12.6. The maximum atomic E-state index is 11.4. The number of para-hydroxylation sites is 1. The van der Waals surface area contributed by atoms with E-state index in [0.29, 0.717) is 17.9 Å². The summed E-state index contributed by atoms with van der Waals surface area (Å²) in [4.78, 5) is 11.4. The van der Waals surface area contributed by atoms with E-state index in [2.05, 4.69) is 0 Å². The van der Waals surface area contributed by atoms with Crippen LogP contribution in [-0.2, 0) is 16.0 Å². The van der Waals surface area contributed by atoms with Crippen molar-refractivity contribution in [2.75, 3.05) is 13.7 Å². The van der Waals surface area contributed by atoms with Gasteiger partial charge in [0.25, 0.3) is 0 Å². The zero-order valence-corrected chi connectivity index (χ0v) is 15.5. The maximum absolute atomic E-state index is 11.4. The van der Waals surface area contributed by atoms with Gasteiger partial charge in [-0.3, -0.25) is 0 Å². The zero-order valence-electron chi connectivity index (χ0n) is 14.8. The van der Waals surface area contributed by atoms with E-state index in [4.69, 9.17) is 21.1 Å². The van der Waals surface area contributed by atoms with Crippen molar-refractivity contribution in [3.63, 3.8) is 0 Å². The van der Waals surface area contributed by atoms with Crippen molar-refractivity contribution in [1.29, 1.82) is 0 Å². The molecule has 0 amide bonds. The molecule has 0 heterocycles. The SMILES string of the molecule is COC=C(C(=O)O)c1ccccc1OCCCCCc1ccc(Cl)cc1. The second-order valence-corrected chi connectivity index (χ2v) is 6.29. The molecule has 0 aliphatic carbocycles. The van der Waals surface area contributed by atoms with E-state index >= 15 is 0 Å². The molecule has 0 saturated heterocycles. The smallest absolute Gasteiger partial charge is 0.339 e. The number of carboxylic acids is 1. The first-order valence-electron chi connectivity index (χ1n) is 8.54. The number of aryl methyl sites for hydroxylation is 1. The van der Waals surface area contributed by atoms with E-state index in [1.165, 1.54) is 18.9 Å². The lowest BCUT2D eigenvalue weighted by atomic mass is 10.1. The lowest BCUT2D eigenvalue weighted by molar-refractivity contribution is -0.130. The van der Waals surface area contributed by atoms with Gasteiger partial charge in [0.1, 0.15) is 11.3 Å². The summed E-state index contributed by atoms with van der Waals surface area (Å²) in [6.07, 6.45) is 5.23. The summed E-state index contributed by atoms with van der Waals surface area (Å²) in [7, 11) is 1.42. The number of ether oxygens (including phenoxy) is 2. The summed E-state index contributed by atoms with van der Waals surface area (Å²) in [6.45, 7) is 0.539. The van der Waals surface area contributed by atoms with Crippen molar-refractivity contribution in [3.05, 3.63) is 70.9 Å². The Labute approximate surface area is 159 Å². The van der Waals surface area contributed by atoms with Gasteiger partial charge in [0.2, 0.25) is 0 Å². The van der Waals surface area contributed by atoms with Crippen LogP contribution in [0.3, 0.4) is 0 Å². The predicted octanol–water partition coefficient (Wildman–Crippen LogP) is 5.20. The number of rotatable bonds is 10. The number of hydrogen-bond acceptors (Lipinski definition) is 3. The summed E-state index contributed by atoms with van der Waals surface area (Å²) in [5.41, 5.74) is 1.87.